The van der Waals surface area contributed by atoms with Gasteiger partial charge in [-0.3, -0.25) is 14.6 Å². The number of carbonyl (C=O) groups excluding carboxylic acids is 2. The number of hydrogen-bond donors (Lipinski definition) is 0. The minimum Gasteiger partial charge on any atom is -0.370 e. The predicted octanol–water partition coefficient (Wildman–Crippen LogP) is 1.74. The molecule has 1 fully saturated rings. The van der Waals surface area contributed by atoms with E-state index in [9.17, 15) is 9.59 Å². The molecule has 168 valence electrons. The van der Waals surface area contributed by atoms with Crippen molar-refractivity contribution < 1.29 is 14.3 Å². The summed E-state index contributed by atoms with van der Waals surface area (Å²) in [6.07, 6.45) is 3.17. The molecule has 1 aromatic carbocycles. The van der Waals surface area contributed by atoms with Gasteiger partial charge in [-0.2, -0.15) is 15.0 Å². The van der Waals surface area contributed by atoms with Crippen LogP contribution in [0.15, 0.2) is 48.8 Å². The van der Waals surface area contributed by atoms with Gasteiger partial charge in [0, 0.05) is 32.0 Å². The Morgan fingerprint density at radius 1 is 1.12 bits per heavy atom. The van der Waals surface area contributed by atoms with Crippen molar-refractivity contribution in [2.75, 3.05) is 26.2 Å². The van der Waals surface area contributed by atoms with Gasteiger partial charge in [0.25, 0.3) is 0 Å². The summed E-state index contributed by atoms with van der Waals surface area (Å²) in [6.45, 7) is 5.92. The number of carbonyl (C=O) groups is 2. The van der Waals surface area contributed by atoms with Crippen molar-refractivity contribution in [1.82, 2.24) is 29.8 Å². The van der Waals surface area contributed by atoms with Crippen LogP contribution in [0.4, 0.5) is 0 Å². The van der Waals surface area contributed by atoms with Crippen LogP contribution in [0.25, 0.3) is 11.0 Å². The Hall–Kier alpha value is -3.33. The zero-order valence-electron chi connectivity index (χ0n) is 18.4. The van der Waals surface area contributed by atoms with E-state index in [-0.39, 0.29) is 31.0 Å². The first-order valence-electron chi connectivity index (χ1n) is 10.8. The van der Waals surface area contributed by atoms with Gasteiger partial charge < -0.3 is 14.5 Å². The summed E-state index contributed by atoms with van der Waals surface area (Å²) in [5.41, 5.74) is 2.41. The molecule has 0 saturated carbocycles. The second-order valence-corrected chi connectivity index (χ2v) is 8.48. The van der Waals surface area contributed by atoms with Crippen molar-refractivity contribution in [3.63, 3.8) is 0 Å². The zero-order chi connectivity index (χ0) is 22.5. The van der Waals surface area contributed by atoms with Gasteiger partial charge in [-0.25, -0.2) is 0 Å². The van der Waals surface area contributed by atoms with Crippen LogP contribution in [0.5, 0.6) is 0 Å². The van der Waals surface area contributed by atoms with Crippen LogP contribution in [0.1, 0.15) is 19.4 Å². The lowest BCUT2D eigenvalue weighted by molar-refractivity contribution is -0.139. The molecule has 3 aromatic rings. The summed E-state index contributed by atoms with van der Waals surface area (Å²) >= 11 is 0. The van der Waals surface area contributed by atoms with Gasteiger partial charge in [0.15, 0.2) is 0 Å². The van der Waals surface area contributed by atoms with E-state index < -0.39 is 0 Å². The van der Waals surface area contributed by atoms with Gasteiger partial charge in [0.1, 0.15) is 17.6 Å². The molecule has 9 nitrogen and oxygen atoms in total. The van der Waals surface area contributed by atoms with Crippen LogP contribution in [0.3, 0.4) is 0 Å². The van der Waals surface area contributed by atoms with Crippen LogP contribution in [0.2, 0.25) is 0 Å². The Kier molecular flexibility index (Phi) is 6.75. The van der Waals surface area contributed by atoms with Crippen molar-refractivity contribution in [1.29, 1.82) is 0 Å². The molecule has 32 heavy (non-hydrogen) atoms. The molecular formula is C23H28N6O3. The Balaban J connectivity index is 1.47. The van der Waals surface area contributed by atoms with E-state index in [1.165, 1.54) is 4.80 Å². The molecule has 4 rings (SSSR count). The molecule has 1 aliphatic heterocycles. The van der Waals surface area contributed by atoms with Crippen LogP contribution < -0.4 is 0 Å². The molecule has 1 saturated heterocycles. The highest BCUT2D eigenvalue weighted by Crippen LogP contribution is 2.14. The first-order valence-corrected chi connectivity index (χ1v) is 10.8. The lowest BCUT2D eigenvalue weighted by Gasteiger charge is -2.26. The molecule has 0 N–H and O–H groups in total. The van der Waals surface area contributed by atoms with Crippen molar-refractivity contribution in [3.8, 4) is 0 Å². The number of nitrogens with zero attached hydrogens (tertiary/aromatic N) is 6. The summed E-state index contributed by atoms with van der Waals surface area (Å²) < 4.78 is 6.12. The number of fused-ring (bicyclic) bond motifs is 1. The predicted molar refractivity (Wildman–Crippen MR) is 118 cm³/mol. The molecule has 0 aliphatic carbocycles. The smallest absolute Gasteiger partial charge is 0.246 e. The maximum absolute atomic E-state index is 13.1. The molecule has 0 bridgehead atoms. The van der Waals surface area contributed by atoms with E-state index in [2.05, 4.69) is 29.0 Å². The fourth-order valence-electron chi connectivity index (χ4n) is 3.79. The quantitative estimate of drug-likeness (QED) is 0.560. The lowest BCUT2D eigenvalue weighted by Crippen LogP contribution is -2.42. The maximum Gasteiger partial charge on any atom is 0.246 e. The number of amides is 2. The Labute approximate surface area is 187 Å². The summed E-state index contributed by atoms with van der Waals surface area (Å²) in [5, 5.41) is 8.73. The number of ether oxygens (including phenoxy) is 1. The van der Waals surface area contributed by atoms with E-state index in [0.717, 1.165) is 16.6 Å². The molecule has 2 amide bonds. The molecule has 9 heteroatoms. The van der Waals surface area contributed by atoms with Crippen molar-refractivity contribution >= 4 is 22.8 Å². The molecular weight excluding hydrogens is 408 g/mol. The van der Waals surface area contributed by atoms with Gasteiger partial charge in [-0.05, 0) is 29.7 Å². The standard InChI is InChI=1S/C23H28N6O3/c1-17(2)11-27-12-19(32-16-18-6-5-9-24-10-18)13-28(14-22(27)30)23(31)15-29-25-20-7-3-4-8-21(20)26-29/h3-10,17,19H,11-16H2,1-2H3/t19-/m1/s1. The third-order valence-corrected chi connectivity index (χ3v) is 5.28. The Morgan fingerprint density at radius 3 is 2.53 bits per heavy atom. The van der Waals surface area contributed by atoms with E-state index >= 15 is 0 Å². The minimum atomic E-state index is -0.297. The Bertz CT molecular complexity index is 1030. The number of hydrogen-bond acceptors (Lipinski definition) is 6. The second kappa shape index (κ2) is 9.86. The first kappa shape index (κ1) is 21.9. The Morgan fingerprint density at radius 2 is 1.88 bits per heavy atom. The number of rotatable bonds is 7. The molecule has 0 radical (unpaired) electrons. The van der Waals surface area contributed by atoms with Crippen molar-refractivity contribution in [2.45, 2.75) is 33.1 Å². The van der Waals surface area contributed by atoms with Gasteiger partial charge in [-0.1, -0.05) is 32.0 Å². The highest BCUT2D eigenvalue weighted by molar-refractivity contribution is 5.85. The average molecular weight is 437 g/mol. The van der Waals surface area contributed by atoms with Crippen LogP contribution >= 0.6 is 0 Å². The third kappa shape index (κ3) is 5.47. The largest absolute Gasteiger partial charge is 0.370 e. The van der Waals surface area contributed by atoms with E-state index in [1.54, 1.807) is 22.2 Å². The maximum atomic E-state index is 13.1. The third-order valence-electron chi connectivity index (χ3n) is 5.28. The molecule has 1 aliphatic rings. The number of aromatic nitrogens is 4. The normalized spacial score (nSPS) is 17.2. The summed E-state index contributed by atoms with van der Waals surface area (Å²) in [6, 6.07) is 11.3. The highest BCUT2D eigenvalue weighted by Gasteiger charge is 2.31. The fraction of sp³-hybridized carbons (Fsp3) is 0.435. The van der Waals surface area contributed by atoms with E-state index in [0.29, 0.717) is 32.2 Å². The zero-order valence-corrected chi connectivity index (χ0v) is 18.4. The lowest BCUT2D eigenvalue weighted by atomic mass is 10.2. The van der Waals surface area contributed by atoms with Gasteiger partial charge >= 0.3 is 0 Å². The molecule has 0 unspecified atom stereocenters. The van der Waals surface area contributed by atoms with Crippen molar-refractivity contribution in [2.24, 2.45) is 5.92 Å². The fourth-order valence-corrected chi connectivity index (χ4v) is 3.79. The molecule has 2 aromatic heterocycles. The highest BCUT2D eigenvalue weighted by atomic mass is 16.5. The molecule has 1 atom stereocenters. The topological polar surface area (TPSA) is 93.4 Å². The van der Waals surface area contributed by atoms with Crippen LogP contribution in [0, 0.1) is 5.92 Å². The van der Waals surface area contributed by atoms with E-state index in [4.69, 9.17) is 4.74 Å². The minimum absolute atomic E-state index is 0.0263. The monoisotopic (exact) mass is 436 g/mol. The van der Waals surface area contributed by atoms with Gasteiger partial charge in [0.05, 0.1) is 19.3 Å². The summed E-state index contributed by atoms with van der Waals surface area (Å²) in [5.74, 6) is 0.0408. The average Bonchev–Trinajstić information content (AvgIpc) is 3.11. The number of benzene rings is 1. The van der Waals surface area contributed by atoms with Crippen LogP contribution in [-0.4, -0.2) is 73.9 Å². The summed E-state index contributed by atoms with van der Waals surface area (Å²) in [4.78, 5) is 34.8. The van der Waals surface area contributed by atoms with Gasteiger partial charge in [0.2, 0.25) is 11.8 Å². The number of pyridine rings is 1. The van der Waals surface area contributed by atoms with Gasteiger partial charge in [-0.15, -0.1) is 0 Å². The summed E-state index contributed by atoms with van der Waals surface area (Å²) in [7, 11) is 0. The van der Waals surface area contributed by atoms with Crippen LogP contribution in [-0.2, 0) is 27.5 Å². The molecule has 3 heterocycles. The SMILES string of the molecule is CC(C)CN1C[C@@H](OCc2cccnc2)CN(C(=O)Cn2nc3ccccc3n2)CC1=O. The molecule has 0 spiro atoms. The van der Waals surface area contributed by atoms with Crippen molar-refractivity contribution in [3.05, 3.63) is 54.4 Å². The second-order valence-electron chi connectivity index (χ2n) is 8.48. The van der Waals surface area contributed by atoms with E-state index in [1.807, 2.05) is 36.4 Å². The first-order chi connectivity index (χ1) is 15.5.